The smallest absolute Gasteiger partial charge is 0.312 e. The lowest BCUT2D eigenvalue weighted by Gasteiger charge is -2.43. The average Bonchev–Trinajstić information content (AvgIpc) is 2.42. The minimum atomic E-state index is -1.02. The summed E-state index contributed by atoms with van der Waals surface area (Å²) in [5.41, 5.74) is -1.02. The van der Waals surface area contributed by atoms with Gasteiger partial charge in [0.1, 0.15) is 5.82 Å². The molecular weight excluding hydrogens is 246 g/mol. The van der Waals surface area contributed by atoms with Crippen LogP contribution in [-0.2, 0) is 4.79 Å². The number of carbonyl (C=O) groups is 1. The van der Waals surface area contributed by atoms with Crippen molar-refractivity contribution in [2.45, 2.75) is 32.3 Å². The van der Waals surface area contributed by atoms with Crippen LogP contribution in [0.1, 0.15) is 26.2 Å². The number of aliphatic hydroxyl groups excluding tert-OH is 1. The largest absolute Gasteiger partial charge is 0.481 e. The molecule has 1 aromatic rings. The summed E-state index contributed by atoms with van der Waals surface area (Å²) >= 11 is 0. The maximum absolute atomic E-state index is 11.5. The zero-order valence-corrected chi connectivity index (χ0v) is 11.0. The first-order valence-corrected chi connectivity index (χ1v) is 6.52. The number of carboxylic acids is 1. The number of hydrogen-bond acceptors (Lipinski definition) is 5. The Morgan fingerprint density at radius 1 is 1.58 bits per heavy atom. The Morgan fingerprint density at radius 2 is 2.37 bits per heavy atom. The lowest BCUT2D eigenvalue weighted by molar-refractivity contribution is -0.159. The van der Waals surface area contributed by atoms with Gasteiger partial charge in [0.25, 0.3) is 0 Å². The molecule has 0 radical (unpaired) electrons. The number of aromatic nitrogens is 2. The second-order valence-corrected chi connectivity index (χ2v) is 4.99. The Labute approximate surface area is 112 Å². The number of hydrogen-bond donors (Lipinski definition) is 2. The van der Waals surface area contributed by atoms with Gasteiger partial charge in [-0.3, -0.25) is 9.78 Å². The monoisotopic (exact) mass is 265 g/mol. The van der Waals surface area contributed by atoms with E-state index >= 15 is 0 Å². The third-order valence-corrected chi connectivity index (χ3v) is 3.85. The second-order valence-electron chi connectivity index (χ2n) is 4.99. The van der Waals surface area contributed by atoms with Crippen LogP contribution < -0.4 is 4.90 Å². The van der Waals surface area contributed by atoms with E-state index in [1.807, 2.05) is 11.8 Å². The molecule has 19 heavy (non-hydrogen) atoms. The van der Waals surface area contributed by atoms with Gasteiger partial charge in [0, 0.05) is 25.5 Å². The van der Waals surface area contributed by atoms with E-state index in [1.165, 1.54) is 0 Å². The molecule has 1 saturated heterocycles. The molecule has 1 aliphatic heterocycles. The molecule has 0 aromatic carbocycles. The lowest BCUT2D eigenvalue weighted by Crippen LogP contribution is -2.55. The van der Waals surface area contributed by atoms with Gasteiger partial charge in [-0.05, 0) is 12.8 Å². The second kappa shape index (κ2) is 5.52. The summed E-state index contributed by atoms with van der Waals surface area (Å²) in [4.78, 5) is 21.6. The number of β-amino-alcohol motifs (C(OH)–C–C–N with tert-alkyl or cyclic N) is 1. The van der Waals surface area contributed by atoms with Gasteiger partial charge in [0.05, 0.1) is 17.7 Å². The Bertz CT molecular complexity index is 440. The minimum absolute atomic E-state index is 0.283. The van der Waals surface area contributed by atoms with Gasteiger partial charge in [0.15, 0.2) is 0 Å². The van der Waals surface area contributed by atoms with Gasteiger partial charge in [0.2, 0.25) is 0 Å². The highest BCUT2D eigenvalue weighted by atomic mass is 16.4. The van der Waals surface area contributed by atoms with E-state index in [0.717, 1.165) is 6.42 Å². The third kappa shape index (κ3) is 2.53. The Morgan fingerprint density at radius 3 is 2.89 bits per heavy atom. The van der Waals surface area contributed by atoms with Crippen molar-refractivity contribution in [1.82, 2.24) is 9.97 Å². The maximum atomic E-state index is 11.5. The zero-order valence-electron chi connectivity index (χ0n) is 11.0. The van der Waals surface area contributed by atoms with Crippen LogP contribution in [0.3, 0.4) is 0 Å². The maximum Gasteiger partial charge on any atom is 0.312 e. The van der Waals surface area contributed by atoms with Crippen LogP contribution in [0.25, 0.3) is 0 Å². The highest BCUT2D eigenvalue weighted by Gasteiger charge is 2.48. The fourth-order valence-corrected chi connectivity index (χ4v) is 2.73. The number of carboxylic acid groups (broad SMARTS) is 1. The molecule has 0 spiro atoms. The van der Waals surface area contributed by atoms with Crippen LogP contribution in [0.4, 0.5) is 5.82 Å². The van der Waals surface area contributed by atoms with Gasteiger partial charge >= 0.3 is 5.97 Å². The number of aliphatic carboxylic acids is 1. The van der Waals surface area contributed by atoms with Crippen molar-refractivity contribution in [1.29, 1.82) is 0 Å². The van der Waals surface area contributed by atoms with Crippen LogP contribution in [0.2, 0.25) is 0 Å². The van der Waals surface area contributed by atoms with Crippen molar-refractivity contribution in [3.8, 4) is 0 Å². The van der Waals surface area contributed by atoms with Crippen molar-refractivity contribution in [3.63, 3.8) is 0 Å². The topological polar surface area (TPSA) is 86.5 Å². The predicted octanol–water partition coefficient (Wildman–Crippen LogP) is 0.919. The Balaban J connectivity index is 2.15. The summed E-state index contributed by atoms with van der Waals surface area (Å²) in [6.07, 6.45) is 5.58. The molecule has 2 atom stereocenters. The normalized spacial score (nSPS) is 27.3. The number of nitrogens with zero attached hydrogens (tertiary/aromatic N) is 3. The lowest BCUT2D eigenvalue weighted by atomic mass is 9.73. The fraction of sp³-hybridized carbons (Fsp3) is 0.615. The molecular formula is C13H19N3O3. The van der Waals surface area contributed by atoms with Gasteiger partial charge in [-0.15, -0.1) is 0 Å². The molecule has 1 fully saturated rings. The van der Waals surface area contributed by atoms with Crippen molar-refractivity contribution in [2.24, 2.45) is 5.41 Å². The molecule has 1 aliphatic rings. The van der Waals surface area contributed by atoms with Crippen LogP contribution >= 0.6 is 0 Å². The van der Waals surface area contributed by atoms with E-state index in [-0.39, 0.29) is 6.54 Å². The SMILES string of the molecule is CCC[C@]1(C(=O)O)CCN(c2cnccn2)C[C@@H]1O. The average molecular weight is 265 g/mol. The molecule has 2 heterocycles. The molecule has 104 valence electrons. The standard InChI is InChI=1S/C13H19N3O3/c1-2-3-13(12(18)19)4-7-16(9-10(13)17)11-8-14-5-6-15-11/h5-6,8,10,17H,2-4,7,9H2,1H3,(H,18,19)/t10-,13-/m0/s1. The van der Waals surface area contributed by atoms with Crippen molar-refractivity contribution >= 4 is 11.8 Å². The summed E-state index contributed by atoms with van der Waals surface area (Å²) in [6.45, 7) is 2.79. The molecule has 0 bridgehead atoms. The first-order chi connectivity index (χ1) is 9.10. The molecule has 6 heteroatoms. The number of rotatable bonds is 4. The van der Waals surface area contributed by atoms with Gasteiger partial charge in [-0.2, -0.15) is 0 Å². The van der Waals surface area contributed by atoms with Crippen molar-refractivity contribution in [3.05, 3.63) is 18.6 Å². The van der Waals surface area contributed by atoms with E-state index in [9.17, 15) is 15.0 Å². The summed E-state index contributed by atoms with van der Waals surface area (Å²) in [6, 6.07) is 0. The highest BCUT2D eigenvalue weighted by molar-refractivity contribution is 5.76. The Hall–Kier alpha value is -1.69. The van der Waals surface area contributed by atoms with Crippen LogP contribution in [0.5, 0.6) is 0 Å². The summed E-state index contributed by atoms with van der Waals surface area (Å²) in [5.74, 6) is -0.224. The van der Waals surface area contributed by atoms with E-state index in [2.05, 4.69) is 9.97 Å². The molecule has 2 rings (SSSR count). The Kier molecular flexibility index (Phi) is 3.99. The third-order valence-electron chi connectivity index (χ3n) is 3.85. The number of anilines is 1. The summed E-state index contributed by atoms with van der Waals surface area (Å²) < 4.78 is 0. The van der Waals surface area contributed by atoms with Gasteiger partial charge in [-0.1, -0.05) is 13.3 Å². The number of piperidine rings is 1. The van der Waals surface area contributed by atoms with E-state index < -0.39 is 17.5 Å². The van der Waals surface area contributed by atoms with Crippen LogP contribution in [-0.4, -0.2) is 45.3 Å². The van der Waals surface area contributed by atoms with E-state index in [1.54, 1.807) is 18.6 Å². The highest BCUT2D eigenvalue weighted by Crippen LogP contribution is 2.37. The molecule has 1 aromatic heterocycles. The predicted molar refractivity (Wildman–Crippen MR) is 69.8 cm³/mol. The number of aliphatic hydroxyl groups is 1. The minimum Gasteiger partial charge on any atom is -0.481 e. The van der Waals surface area contributed by atoms with Crippen molar-refractivity contribution < 1.29 is 15.0 Å². The summed E-state index contributed by atoms with van der Waals surface area (Å²) in [5, 5.41) is 19.7. The van der Waals surface area contributed by atoms with Crippen molar-refractivity contribution in [2.75, 3.05) is 18.0 Å². The van der Waals surface area contributed by atoms with Crippen LogP contribution in [0, 0.1) is 5.41 Å². The molecule has 6 nitrogen and oxygen atoms in total. The van der Waals surface area contributed by atoms with Gasteiger partial charge in [-0.25, -0.2) is 4.98 Å². The van der Waals surface area contributed by atoms with E-state index in [4.69, 9.17) is 0 Å². The van der Waals surface area contributed by atoms with Crippen LogP contribution in [0.15, 0.2) is 18.6 Å². The molecule has 0 saturated carbocycles. The zero-order chi connectivity index (χ0) is 13.9. The first kappa shape index (κ1) is 13.7. The quantitative estimate of drug-likeness (QED) is 0.841. The first-order valence-electron chi connectivity index (χ1n) is 6.52. The summed E-state index contributed by atoms with van der Waals surface area (Å²) in [7, 11) is 0. The van der Waals surface area contributed by atoms with Gasteiger partial charge < -0.3 is 15.1 Å². The molecule has 0 aliphatic carbocycles. The van der Waals surface area contributed by atoms with E-state index in [0.29, 0.717) is 25.2 Å². The molecule has 2 N–H and O–H groups in total. The molecule has 0 amide bonds. The fourth-order valence-electron chi connectivity index (χ4n) is 2.73. The molecule has 0 unspecified atom stereocenters.